The van der Waals surface area contributed by atoms with Crippen molar-refractivity contribution < 1.29 is 9.90 Å². The molecule has 17 heavy (non-hydrogen) atoms. The molecule has 5 heteroatoms. The zero-order valence-electron chi connectivity index (χ0n) is 8.92. The summed E-state index contributed by atoms with van der Waals surface area (Å²) in [6.45, 7) is 0. The first kappa shape index (κ1) is 12.0. The normalized spacial score (nSPS) is 10.4. The van der Waals surface area contributed by atoms with Gasteiger partial charge in [-0.05, 0) is 36.4 Å². The third-order valence-corrected chi connectivity index (χ3v) is 4.45. The topological polar surface area (TPSA) is 63.3 Å². The fourth-order valence-electron chi connectivity index (χ4n) is 1.29. The monoisotopic (exact) mass is 265 g/mol. The Hall–Kier alpha value is -1.46. The Morgan fingerprint density at radius 3 is 2.53 bits per heavy atom. The Balaban J connectivity index is 1.97. The van der Waals surface area contributed by atoms with Crippen LogP contribution >= 0.6 is 23.1 Å². The molecule has 0 aliphatic rings. The van der Waals surface area contributed by atoms with Gasteiger partial charge >= 0.3 is 5.97 Å². The largest absolute Gasteiger partial charge is 0.477 e. The lowest BCUT2D eigenvalue weighted by molar-refractivity contribution is 0.0702. The predicted molar refractivity (Wildman–Crippen MR) is 71.7 cm³/mol. The van der Waals surface area contributed by atoms with Gasteiger partial charge in [0.05, 0.1) is 0 Å². The second kappa shape index (κ2) is 5.25. The summed E-state index contributed by atoms with van der Waals surface area (Å²) in [6.07, 6.45) is 0. The van der Waals surface area contributed by atoms with E-state index >= 15 is 0 Å². The summed E-state index contributed by atoms with van der Waals surface area (Å²) in [4.78, 5) is 13.3. The van der Waals surface area contributed by atoms with Crippen LogP contribution in [-0.2, 0) is 5.75 Å². The second-order valence-corrected chi connectivity index (χ2v) is 5.65. The highest BCUT2D eigenvalue weighted by atomic mass is 32.2. The molecule has 3 N–H and O–H groups in total. The predicted octanol–water partition coefficient (Wildman–Crippen LogP) is 3.32. The van der Waals surface area contributed by atoms with Gasteiger partial charge in [-0.2, -0.15) is 0 Å². The van der Waals surface area contributed by atoms with Crippen LogP contribution in [0.1, 0.15) is 14.5 Å². The zero-order chi connectivity index (χ0) is 12.3. The Labute approximate surface area is 107 Å². The van der Waals surface area contributed by atoms with E-state index in [0.29, 0.717) is 4.88 Å². The van der Waals surface area contributed by atoms with E-state index in [0.717, 1.165) is 21.2 Å². The molecule has 0 atom stereocenters. The third-order valence-electron chi connectivity index (χ3n) is 2.13. The number of carboxylic acid groups (broad SMARTS) is 1. The molecule has 0 unspecified atom stereocenters. The molecule has 0 bridgehead atoms. The molecule has 0 spiro atoms. The maximum atomic E-state index is 10.7. The van der Waals surface area contributed by atoms with Crippen LogP contribution in [0.3, 0.4) is 0 Å². The van der Waals surface area contributed by atoms with Crippen molar-refractivity contribution in [3.63, 3.8) is 0 Å². The number of nitrogen functional groups attached to an aromatic ring is 1. The fourth-order valence-corrected chi connectivity index (χ4v) is 3.08. The van der Waals surface area contributed by atoms with Gasteiger partial charge in [-0.1, -0.05) is 0 Å². The number of hydrogen-bond acceptors (Lipinski definition) is 4. The van der Waals surface area contributed by atoms with Crippen LogP contribution in [-0.4, -0.2) is 11.1 Å². The second-order valence-electron chi connectivity index (χ2n) is 3.43. The molecule has 88 valence electrons. The molecule has 1 heterocycles. The van der Waals surface area contributed by atoms with E-state index in [4.69, 9.17) is 10.8 Å². The minimum absolute atomic E-state index is 0.387. The standard InChI is InChI=1S/C12H11NO2S2/c13-8-1-3-9(4-2-8)16-7-10-5-6-11(17-10)12(14)15/h1-6H,7,13H2,(H,14,15). The lowest BCUT2D eigenvalue weighted by Gasteiger charge is -2.00. The van der Waals surface area contributed by atoms with Crippen LogP contribution in [0.2, 0.25) is 0 Å². The number of carbonyl (C=O) groups is 1. The van der Waals surface area contributed by atoms with Crippen LogP contribution < -0.4 is 5.73 Å². The first-order chi connectivity index (χ1) is 8.15. The van der Waals surface area contributed by atoms with E-state index in [-0.39, 0.29) is 0 Å². The first-order valence-electron chi connectivity index (χ1n) is 4.95. The summed E-state index contributed by atoms with van der Waals surface area (Å²) in [6, 6.07) is 11.2. The van der Waals surface area contributed by atoms with Gasteiger partial charge in [0.25, 0.3) is 0 Å². The van der Waals surface area contributed by atoms with E-state index in [1.807, 2.05) is 30.3 Å². The number of rotatable bonds is 4. The molecule has 2 rings (SSSR count). The highest BCUT2D eigenvalue weighted by molar-refractivity contribution is 7.98. The highest BCUT2D eigenvalue weighted by Crippen LogP contribution is 2.27. The van der Waals surface area contributed by atoms with Crippen molar-refractivity contribution in [3.05, 3.63) is 46.2 Å². The summed E-state index contributed by atoms with van der Waals surface area (Å²) < 4.78 is 0. The molecule has 0 saturated carbocycles. The summed E-state index contributed by atoms with van der Waals surface area (Å²) in [5, 5.41) is 8.80. The van der Waals surface area contributed by atoms with Crippen molar-refractivity contribution in [2.24, 2.45) is 0 Å². The van der Waals surface area contributed by atoms with Crippen molar-refractivity contribution in [2.75, 3.05) is 5.73 Å². The number of thioether (sulfide) groups is 1. The van der Waals surface area contributed by atoms with Gasteiger partial charge in [0, 0.05) is 21.2 Å². The van der Waals surface area contributed by atoms with Gasteiger partial charge in [0.2, 0.25) is 0 Å². The Morgan fingerprint density at radius 1 is 1.24 bits per heavy atom. The van der Waals surface area contributed by atoms with Crippen LogP contribution in [0.4, 0.5) is 5.69 Å². The molecule has 1 aromatic heterocycles. The molecule has 0 fully saturated rings. The maximum absolute atomic E-state index is 10.7. The summed E-state index contributed by atoms with van der Waals surface area (Å²) in [7, 11) is 0. The number of thiophene rings is 1. The van der Waals surface area contributed by atoms with E-state index in [9.17, 15) is 4.79 Å². The molecule has 0 amide bonds. The lowest BCUT2D eigenvalue weighted by Crippen LogP contribution is -1.89. The zero-order valence-corrected chi connectivity index (χ0v) is 10.6. The van der Waals surface area contributed by atoms with Gasteiger partial charge < -0.3 is 10.8 Å². The van der Waals surface area contributed by atoms with Gasteiger partial charge in [-0.25, -0.2) is 4.79 Å². The van der Waals surface area contributed by atoms with Crippen molar-refractivity contribution in [3.8, 4) is 0 Å². The SMILES string of the molecule is Nc1ccc(SCc2ccc(C(=O)O)s2)cc1. The summed E-state index contributed by atoms with van der Waals surface area (Å²) in [5.74, 6) is -0.0827. The van der Waals surface area contributed by atoms with E-state index < -0.39 is 5.97 Å². The van der Waals surface area contributed by atoms with E-state index in [2.05, 4.69) is 0 Å². The number of nitrogens with two attached hydrogens (primary N) is 1. The molecular formula is C12H11NO2S2. The smallest absolute Gasteiger partial charge is 0.345 e. The third kappa shape index (κ3) is 3.25. The van der Waals surface area contributed by atoms with Crippen LogP contribution in [0.15, 0.2) is 41.3 Å². The van der Waals surface area contributed by atoms with Crippen LogP contribution in [0.25, 0.3) is 0 Å². The van der Waals surface area contributed by atoms with E-state index in [1.165, 1.54) is 11.3 Å². The molecule has 0 aliphatic carbocycles. The fraction of sp³-hybridized carbons (Fsp3) is 0.0833. The van der Waals surface area contributed by atoms with Crippen molar-refractivity contribution >= 4 is 34.8 Å². The number of aromatic carboxylic acids is 1. The van der Waals surface area contributed by atoms with Gasteiger partial charge in [0.1, 0.15) is 4.88 Å². The number of anilines is 1. The molecule has 1 aromatic carbocycles. The molecule has 0 aliphatic heterocycles. The van der Waals surface area contributed by atoms with Crippen molar-refractivity contribution in [1.29, 1.82) is 0 Å². The maximum Gasteiger partial charge on any atom is 0.345 e. The molecule has 3 nitrogen and oxygen atoms in total. The highest BCUT2D eigenvalue weighted by Gasteiger charge is 2.06. The molecular weight excluding hydrogens is 254 g/mol. The molecule has 0 saturated heterocycles. The minimum atomic E-state index is -0.862. The van der Waals surface area contributed by atoms with Crippen molar-refractivity contribution in [1.82, 2.24) is 0 Å². The molecule has 0 radical (unpaired) electrons. The minimum Gasteiger partial charge on any atom is -0.477 e. The van der Waals surface area contributed by atoms with Crippen molar-refractivity contribution in [2.45, 2.75) is 10.6 Å². The quantitative estimate of drug-likeness (QED) is 0.657. The lowest BCUT2D eigenvalue weighted by atomic mass is 10.3. The van der Waals surface area contributed by atoms with Crippen LogP contribution in [0.5, 0.6) is 0 Å². The van der Waals surface area contributed by atoms with E-state index in [1.54, 1.807) is 17.8 Å². The first-order valence-corrected chi connectivity index (χ1v) is 6.76. The van der Waals surface area contributed by atoms with Gasteiger partial charge in [-0.15, -0.1) is 23.1 Å². The Kier molecular flexibility index (Phi) is 3.71. The number of hydrogen-bond donors (Lipinski definition) is 2. The summed E-state index contributed by atoms with van der Waals surface area (Å²) in [5.41, 5.74) is 6.35. The van der Waals surface area contributed by atoms with Gasteiger partial charge in [0.15, 0.2) is 0 Å². The number of carboxylic acids is 1. The molecule has 2 aromatic rings. The average Bonchev–Trinajstić information content (AvgIpc) is 2.77. The number of benzene rings is 1. The average molecular weight is 265 g/mol. The van der Waals surface area contributed by atoms with Crippen LogP contribution in [0, 0.1) is 0 Å². The Morgan fingerprint density at radius 2 is 1.94 bits per heavy atom. The Bertz CT molecular complexity index is 520. The van der Waals surface area contributed by atoms with Gasteiger partial charge in [-0.3, -0.25) is 0 Å². The summed E-state index contributed by atoms with van der Waals surface area (Å²) >= 11 is 2.99.